The van der Waals surface area contributed by atoms with E-state index in [9.17, 15) is 14.7 Å². The van der Waals surface area contributed by atoms with Crippen LogP contribution < -0.4 is 5.43 Å². The van der Waals surface area contributed by atoms with Gasteiger partial charge in [-0.3, -0.25) is 10.2 Å². The number of anilines is 1. The quantitative estimate of drug-likeness (QED) is 0.328. The Hall–Kier alpha value is -3.41. The topological polar surface area (TPSA) is 99.0 Å². The Morgan fingerprint density at radius 2 is 1.71 bits per heavy atom. The lowest BCUT2D eigenvalue weighted by Gasteiger charge is -2.04. The van der Waals surface area contributed by atoms with E-state index in [1.165, 1.54) is 24.3 Å². The summed E-state index contributed by atoms with van der Waals surface area (Å²) in [4.78, 5) is 22.0. The Morgan fingerprint density at radius 1 is 1.08 bits per heavy atom. The maximum absolute atomic E-state index is 11.3. The number of allylic oxidation sites excluding steroid dienone is 1. The first kappa shape index (κ1) is 17.0. The molecule has 0 radical (unpaired) electrons. The number of benzene rings is 2. The summed E-state index contributed by atoms with van der Waals surface area (Å²) in [6, 6.07) is 12.5. The molecule has 6 nitrogen and oxygen atoms in total. The van der Waals surface area contributed by atoms with Crippen molar-refractivity contribution in [3.8, 4) is 5.75 Å². The van der Waals surface area contributed by atoms with Gasteiger partial charge in [-0.2, -0.15) is 5.10 Å². The lowest BCUT2D eigenvalue weighted by Crippen LogP contribution is -2.03. The number of aromatic carboxylic acids is 1. The van der Waals surface area contributed by atoms with Crippen LogP contribution in [0.1, 0.15) is 22.8 Å². The SMILES string of the molecule is CC(=N/Nc1ccc(C(=O)O)cc1)/C(C=O)=C/c1ccc(O)cc1. The fraction of sp³-hybridized carbons (Fsp3) is 0.0556. The van der Waals surface area contributed by atoms with Gasteiger partial charge in [-0.1, -0.05) is 12.1 Å². The number of aromatic hydroxyl groups is 1. The van der Waals surface area contributed by atoms with Crippen LogP contribution in [-0.4, -0.2) is 28.2 Å². The van der Waals surface area contributed by atoms with E-state index in [0.717, 1.165) is 5.56 Å². The van der Waals surface area contributed by atoms with Crippen molar-refractivity contribution in [2.75, 3.05) is 5.43 Å². The van der Waals surface area contributed by atoms with Gasteiger partial charge in [0, 0.05) is 5.57 Å². The van der Waals surface area contributed by atoms with E-state index < -0.39 is 5.97 Å². The van der Waals surface area contributed by atoms with Crippen LogP contribution in [0.15, 0.2) is 59.2 Å². The second-order valence-electron chi connectivity index (χ2n) is 5.00. The molecule has 2 aromatic rings. The third kappa shape index (κ3) is 4.54. The van der Waals surface area contributed by atoms with Gasteiger partial charge in [0.25, 0.3) is 0 Å². The highest BCUT2D eigenvalue weighted by Gasteiger charge is 2.03. The van der Waals surface area contributed by atoms with Crippen LogP contribution in [0, 0.1) is 0 Å². The molecule has 0 bridgehead atoms. The molecule has 0 spiro atoms. The predicted octanol–water partition coefficient (Wildman–Crippen LogP) is 3.16. The van der Waals surface area contributed by atoms with Crippen LogP contribution in [0.5, 0.6) is 5.75 Å². The molecule has 0 aliphatic rings. The highest BCUT2D eigenvalue weighted by molar-refractivity contribution is 6.17. The van der Waals surface area contributed by atoms with E-state index >= 15 is 0 Å². The van der Waals surface area contributed by atoms with Gasteiger partial charge in [-0.15, -0.1) is 0 Å². The number of carbonyl (C=O) groups excluding carboxylic acids is 1. The number of hydrogen-bond acceptors (Lipinski definition) is 5. The van der Waals surface area contributed by atoms with Gasteiger partial charge in [-0.05, 0) is 55.0 Å². The molecular formula is C18H16N2O4. The molecule has 0 atom stereocenters. The molecule has 6 heteroatoms. The molecule has 0 aliphatic heterocycles. The molecule has 3 N–H and O–H groups in total. The molecule has 0 aliphatic carbocycles. The van der Waals surface area contributed by atoms with Crippen molar-refractivity contribution in [1.29, 1.82) is 0 Å². The zero-order valence-electron chi connectivity index (χ0n) is 12.9. The Morgan fingerprint density at radius 3 is 2.25 bits per heavy atom. The fourth-order valence-corrected chi connectivity index (χ4v) is 1.87. The first-order valence-electron chi connectivity index (χ1n) is 7.09. The van der Waals surface area contributed by atoms with Crippen molar-refractivity contribution in [3.05, 3.63) is 65.2 Å². The number of phenolic OH excluding ortho intramolecular Hbond substituents is 1. The van der Waals surface area contributed by atoms with Crippen molar-refractivity contribution in [1.82, 2.24) is 0 Å². The zero-order valence-corrected chi connectivity index (χ0v) is 12.9. The highest BCUT2D eigenvalue weighted by Crippen LogP contribution is 2.14. The second-order valence-corrected chi connectivity index (χ2v) is 5.00. The van der Waals surface area contributed by atoms with Crippen LogP contribution >= 0.6 is 0 Å². The van der Waals surface area contributed by atoms with Crippen molar-refractivity contribution < 1.29 is 19.8 Å². The molecule has 0 heterocycles. The predicted molar refractivity (Wildman–Crippen MR) is 92.3 cm³/mol. The monoisotopic (exact) mass is 324 g/mol. The van der Waals surface area contributed by atoms with Crippen LogP contribution in [0.3, 0.4) is 0 Å². The van der Waals surface area contributed by atoms with E-state index in [-0.39, 0.29) is 11.3 Å². The van der Waals surface area contributed by atoms with E-state index in [1.807, 2.05) is 0 Å². The third-order valence-corrected chi connectivity index (χ3v) is 3.24. The van der Waals surface area contributed by atoms with Crippen molar-refractivity contribution >= 4 is 29.7 Å². The number of carboxylic acid groups (broad SMARTS) is 1. The molecule has 0 amide bonds. The number of nitrogens with one attached hydrogen (secondary N) is 1. The van der Waals surface area contributed by atoms with E-state index in [2.05, 4.69) is 10.5 Å². The number of hydrazone groups is 1. The summed E-state index contributed by atoms with van der Waals surface area (Å²) < 4.78 is 0. The maximum atomic E-state index is 11.3. The Balaban J connectivity index is 2.13. The Kier molecular flexibility index (Phi) is 5.46. The van der Waals surface area contributed by atoms with Gasteiger partial charge in [0.2, 0.25) is 0 Å². The lowest BCUT2D eigenvalue weighted by molar-refractivity contribution is -0.104. The van der Waals surface area contributed by atoms with Crippen molar-refractivity contribution in [2.45, 2.75) is 6.92 Å². The minimum absolute atomic E-state index is 0.150. The molecule has 122 valence electrons. The summed E-state index contributed by atoms with van der Waals surface area (Å²) in [5, 5.41) is 22.2. The fourth-order valence-electron chi connectivity index (χ4n) is 1.87. The van der Waals surface area contributed by atoms with Crippen LogP contribution in [0.25, 0.3) is 6.08 Å². The van der Waals surface area contributed by atoms with Gasteiger partial charge < -0.3 is 10.2 Å². The highest BCUT2D eigenvalue weighted by atomic mass is 16.4. The molecule has 0 fully saturated rings. The molecule has 0 aromatic heterocycles. The number of carbonyl (C=O) groups is 2. The molecular weight excluding hydrogens is 308 g/mol. The Bertz CT molecular complexity index is 791. The molecule has 0 saturated heterocycles. The van der Waals surface area contributed by atoms with Gasteiger partial charge in [0.05, 0.1) is 17.0 Å². The van der Waals surface area contributed by atoms with E-state index in [4.69, 9.17) is 5.11 Å². The maximum Gasteiger partial charge on any atom is 0.335 e. The number of aldehydes is 1. The second kappa shape index (κ2) is 7.73. The van der Waals surface area contributed by atoms with E-state index in [0.29, 0.717) is 23.3 Å². The van der Waals surface area contributed by atoms with Crippen molar-refractivity contribution in [3.63, 3.8) is 0 Å². The standard InChI is InChI=1S/C18H16N2O4/c1-12(15(11-21)10-13-2-8-17(22)9-3-13)19-20-16-6-4-14(5-7-16)18(23)24/h2-11,20,22H,1H3,(H,23,24)/b15-10+,19-12-. The van der Waals surface area contributed by atoms with Crippen molar-refractivity contribution in [2.24, 2.45) is 5.10 Å². The molecule has 2 aromatic carbocycles. The van der Waals surface area contributed by atoms with Crippen LogP contribution in [0.2, 0.25) is 0 Å². The van der Waals surface area contributed by atoms with Gasteiger partial charge >= 0.3 is 5.97 Å². The number of hydrogen-bond donors (Lipinski definition) is 3. The lowest BCUT2D eigenvalue weighted by atomic mass is 10.1. The summed E-state index contributed by atoms with van der Waals surface area (Å²) in [7, 11) is 0. The summed E-state index contributed by atoms with van der Waals surface area (Å²) in [6.45, 7) is 1.68. The van der Waals surface area contributed by atoms with Gasteiger partial charge in [-0.25, -0.2) is 4.79 Å². The number of carboxylic acids is 1. The van der Waals surface area contributed by atoms with Gasteiger partial charge in [0.15, 0.2) is 6.29 Å². The van der Waals surface area contributed by atoms with Gasteiger partial charge in [0.1, 0.15) is 5.75 Å². The number of nitrogens with zero attached hydrogens (tertiary/aromatic N) is 1. The smallest absolute Gasteiger partial charge is 0.335 e. The molecule has 0 saturated carbocycles. The van der Waals surface area contributed by atoms with Crippen LogP contribution in [-0.2, 0) is 4.79 Å². The summed E-state index contributed by atoms with van der Waals surface area (Å²) in [5.41, 5.74) is 5.18. The average molecular weight is 324 g/mol. The molecule has 24 heavy (non-hydrogen) atoms. The first-order chi connectivity index (χ1) is 11.5. The summed E-state index contributed by atoms with van der Waals surface area (Å²) in [6.07, 6.45) is 2.35. The minimum atomic E-state index is -0.999. The zero-order chi connectivity index (χ0) is 17.5. The van der Waals surface area contributed by atoms with E-state index in [1.54, 1.807) is 37.3 Å². The Labute approximate surface area is 138 Å². The molecule has 2 rings (SSSR count). The third-order valence-electron chi connectivity index (χ3n) is 3.24. The minimum Gasteiger partial charge on any atom is -0.508 e. The molecule has 0 unspecified atom stereocenters. The van der Waals surface area contributed by atoms with Crippen LogP contribution in [0.4, 0.5) is 5.69 Å². The largest absolute Gasteiger partial charge is 0.508 e. The summed E-state index contributed by atoms with van der Waals surface area (Å²) in [5.74, 6) is -0.849. The summed E-state index contributed by atoms with van der Waals surface area (Å²) >= 11 is 0. The first-order valence-corrected chi connectivity index (χ1v) is 7.09. The number of rotatable bonds is 6. The average Bonchev–Trinajstić information content (AvgIpc) is 2.59. The number of phenols is 1. The normalized spacial score (nSPS) is 11.9.